The van der Waals surface area contributed by atoms with Crippen molar-refractivity contribution in [3.63, 3.8) is 0 Å². The predicted molar refractivity (Wildman–Crippen MR) is 114 cm³/mol. The third kappa shape index (κ3) is 3.49. The Balaban J connectivity index is 1.80. The number of aryl methyl sites for hydroxylation is 3. The van der Waals surface area contributed by atoms with E-state index in [-0.39, 0.29) is 5.91 Å². The summed E-state index contributed by atoms with van der Waals surface area (Å²) in [5.74, 6) is 0.337. The van der Waals surface area contributed by atoms with Crippen LogP contribution in [0, 0.1) is 20.8 Å². The molecule has 4 aromatic rings. The number of hydrogen-bond acceptors (Lipinski definition) is 3. The van der Waals surface area contributed by atoms with E-state index in [9.17, 15) is 4.79 Å². The van der Waals surface area contributed by atoms with Gasteiger partial charge in [0.2, 0.25) is 0 Å². The number of carbonyl (C=O) groups excluding carboxylic acids is 1. The molecule has 0 fully saturated rings. The molecule has 0 atom stereocenters. The number of anilines is 1. The van der Waals surface area contributed by atoms with Gasteiger partial charge < -0.3 is 5.32 Å². The lowest BCUT2D eigenvalue weighted by molar-refractivity contribution is 0.102. The molecule has 138 valence electrons. The molecular weight excluding hydrogens is 346 g/mol. The molecule has 4 rings (SSSR count). The van der Waals surface area contributed by atoms with Crippen molar-refractivity contribution in [1.29, 1.82) is 0 Å². The lowest BCUT2D eigenvalue weighted by atomic mass is 10.0. The smallest absolute Gasteiger partial charge is 0.257 e. The minimum atomic E-state index is -0.194. The second-order valence-corrected chi connectivity index (χ2v) is 7.05. The summed E-state index contributed by atoms with van der Waals surface area (Å²) in [5, 5.41) is 3.72. The van der Waals surface area contributed by atoms with Crippen LogP contribution in [0.15, 0.2) is 66.9 Å². The van der Waals surface area contributed by atoms with Crippen LogP contribution in [0.25, 0.3) is 22.2 Å². The predicted octanol–water partition coefficient (Wildman–Crippen LogP) is 5.47. The van der Waals surface area contributed by atoms with Gasteiger partial charge in [-0.15, -0.1) is 0 Å². The summed E-state index contributed by atoms with van der Waals surface area (Å²) in [6.07, 6.45) is 1.74. The SMILES string of the molecule is Cc1ccc(NC(=O)c2cc(-c3ccc(C)c(C)c3)nc3ccccc23)nc1. The highest BCUT2D eigenvalue weighted by Gasteiger charge is 2.15. The molecule has 4 heteroatoms. The molecule has 0 spiro atoms. The average Bonchev–Trinajstić information content (AvgIpc) is 2.71. The van der Waals surface area contributed by atoms with Crippen LogP contribution in [0.4, 0.5) is 5.82 Å². The lowest BCUT2D eigenvalue weighted by Gasteiger charge is -2.11. The Bertz CT molecular complexity index is 1180. The Labute approximate surface area is 164 Å². The normalized spacial score (nSPS) is 10.8. The maximum Gasteiger partial charge on any atom is 0.257 e. The van der Waals surface area contributed by atoms with Crippen molar-refractivity contribution >= 4 is 22.6 Å². The van der Waals surface area contributed by atoms with Crippen LogP contribution in [0.2, 0.25) is 0 Å². The lowest BCUT2D eigenvalue weighted by Crippen LogP contribution is -2.14. The molecule has 4 nitrogen and oxygen atoms in total. The minimum Gasteiger partial charge on any atom is -0.307 e. The molecule has 2 heterocycles. The number of fused-ring (bicyclic) bond motifs is 1. The van der Waals surface area contributed by atoms with Gasteiger partial charge >= 0.3 is 0 Å². The van der Waals surface area contributed by atoms with Crippen LogP contribution in [0.3, 0.4) is 0 Å². The first kappa shape index (κ1) is 17.9. The zero-order valence-corrected chi connectivity index (χ0v) is 16.2. The monoisotopic (exact) mass is 367 g/mol. The fourth-order valence-corrected chi connectivity index (χ4v) is 3.14. The van der Waals surface area contributed by atoms with Gasteiger partial charge in [-0.25, -0.2) is 9.97 Å². The quantitative estimate of drug-likeness (QED) is 0.522. The molecule has 0 aliphatic carbocycles. The molecule has 0 unspecified atom stereocenters. The Kier molecular flexibility index (Phi) is 4.62. The number of amides is 1. The molecule has 0 radical (unpaired) electrons. The summed E-state index contributed by atoms with van der Waals surface area (Å²) in [6.45, 7) is 6.13. The number of pyridine rings is 2. The second kappa shape index (κ2) is 7.24. The van der Waals surface area contributed by atoms with Crippen molar-refractivity contribution in [2.45, 2.75) is 20.8 Å². The van der Waals surface area contributed by atoms with Gasteiger partial charge in [-0.2, -0.15) is 0 Å². The Morgan fingerprint density at radius 2 is 1.71 bits per heavy atom. The van der Waals surface area contributed by atoms with E-state index in [1.807, 2.05) is 49.4 Å². The van der Waals surface area contributed by atoms with E-state index < -0.39 is 0 Å². The Morgan fingerprint density at radius 3 is 2.46 bits per heavy atom. The molecule has 0 saturated heterocycles. The fourth-order valence-electron chi connectivity index (χ4n) is 3.14. The van der Waals surface area contributed by atoms with Crippen molar-refractivity contribution in [3.05, 3.63) is 89.1 Å². The molecule has 0 bridgehead atoms. The van der Waals surface area contributed by atoms with Crippen molar-refractivity contribution < 1.29 is 4.79 Å². The maximum atomic E-state index is 13.0. The van der Waals surface area contributed by atoms with Crippen LogP contribution in [0.1, 0.15) is 27.0 Å². The average molecular weight is 367 g/mol. The zero-order chi connectivity index (χ0) is 19.7. The Hall–Kier alpha value is -3.53. The van der Waals surface area contributed by atoms with E-state index in [4.69, 9.17) is 4.98 Å². The number of aromatic nitrogens is 2. The van der Waals surface area contributed by atoms with Gasteiger partial charge in [-0.3, -0.25) is 4.79 Å². The molecule has 2 aromatic heterocycles. The summed E-state index contributed by atoms with van der Waals surface area (Å²) in [5.41, 5.74) is 6.63. The van der Waals surface area contributed by atoms with Gasteiger partial charge in [-0.05, 0) is 61.7 Å². The number of hydrogen-bond donors (Lipinski definition) is 1. The van der Waals surface area contributed by atoms with Crippen LogP contribution in [-0.4, -0.2) is 15.9 Å². The number of carbonyl (C=O) groups is 1. The van der Waals surface area contributed by atoms with E-state index >= 15 is 0 Å². The number of rotatable bonds is 3. The largest absolute Gasteiger partial charge is 0.307 e. The van der Waals surface area contributed by atoms with Crippen molar-refractivity contribution in [2.24, 2.45) is 0 Å². The van der Waals surface area contributed by atoms with Gasteiger partial charge in [-0.1, -0.05) is 36.4 Å². The molecule has 0 aliphatic rings. The summed E-state index contributed by atoms with van der Waals surface area (Å²) in [7, 11) is 0. The van der Waals surface area contributed by atoms with Gasteiger partial charge in [0.25, 0.3) is 5.91 Å². The van der Waals surface area contributed by atoms with Gasteiger partial charge in [0.15, 0.2) is 0 Å². The summed E-state index contributed by atoms with van der Waals surface area (Å²) < 4.78 is 0. The van der Waals surface area contributed by atoms with E-state index in [0.29, 0.717) is 11.4 Å². The summed E-state index contributed by atoms with van der Waals surface area (Å²) >= 11 is 0. The van der Waals surface area contributed by atoms with E-state index in [0.717, 1.165) is 27.7 Å². The van der Waals surface area contributed by atoms with E-state index in [1.165, 1.54) is 11.1 Å². The van der Waals surface area contributed by atoms with Crippen molar-refractivity contribution in [2.75, 3.05) is 5.32 Å². The first-order chi connectivity index (χ1) is 13.5. The van der Waals surface area contributed by atoms with Gasteiger partial charge in [0.1, 0.15) is 5.82 Å². The number of nitrogens with one attached hydrogen (secondary N) is 1. The standard InChI is InChI=1S/C24H21N3O/c1-15-8-11-23(25-14-15)27-24(28)20-13-22(18-10-9-16(2)17(3)12-18)26-21-7-5-4-6-19(20)21/h4-14H,1-3H3,(H,25,27,28). The molecule has 1 N–H and O–H groups in total. The summed E-state index contributed by atoms with van der Waals surface area (Å²) in [6, 6.07) is 19.5. The highest BCUT2D eigenvalue weighted by atomic mass is 16.1. The maximum absolute atomic E-state index is 13.0. The minimum absolute atomic E-state index is 0.194. The van der Waals surface area contributed by atoms with Crippen LogP contribution >= 0.6 is 0 Å². The van der Waals surface area contributed by atoms with Crippen LogP contribution < -0.4 is 5.32 Å². The van der Waals surface area contributed by atoms with Crippen molar-refractivity contribution in [3.8, 4) is 11.3 Å². The van der Waals surface area contributed by atoms with Gasteiger partial charge in [0, 0.05) is 17.1 Å². The fraction of sp³-hybridized carbons (Fsp3) is 0.125. The number of nitrogens with zero attached hydrogens (tertiary/aromatic N) is 2. The first-order valence-corrected chi connectivity index (χ1v) is 9.23. The highest BCUT2D eigenvalue weighted by molar-refractivity contribution is 6.12. The molecule has 28 heavy (non-hydrogen) atoms. The molecule has 1 amide bonds. The first-order valence-electron chi connectivity index (χ1n) is 9.23. The second-order valence-electron chi connectivity index (χ2n) is 7.05. The molecule has 0 aliphatic heterocycles. The zero-order valence-electron chi connectivity index (χ0n) is 16.2. The topological polar surface area (TPSA) is 54.9 Å². The number of para-hydroxylation sites is 1. The van der Waals surface area contributed by atoms with Crippen LogP contribution in [0.5, 0.6) is 0 Å². The molecule has 2 aromatic carbocycles. The molecular formula is C24H21N3O. The number of benzene rings is 2. The Morgan fingerprint density at radius 1 is 0.893 bits per heavy atom. The third-order valence-corrected chi connectivity index (χ3v) is 4.92. The van der Waals surface area contributed by atoms with Crippen molar-refractivity contribution in [1.82, 2.24) is 9.97 Å². The van der Waals surface area contributed by atoms with E-state index in [2.05, 4.69) is 36.3 Å². The van der Waals surface area contributed by atoms with Crippen LogP contribution in [-0.2, 0) is 0 Å². The molecule has 0 saturated carbocycles. The highest BCUT2D eigenvalue weighted by Crippen LogP contribution is 2.27. The summed E-state index contributed by atoms with van der Waals surface area (Å²) in [4.78, 5) is 22.1. The van der Waals surface area contributed by atoms with Gasteiger partial charge in [0.05, 0.1) is 16.8 Å². The van der Waals surface area contributed by atoms with E-state index in [1.54, 1.807) is 12.3 Å². The third-order valence-electron chi connectivity index (χ3n) is 4.92.